The van der Waals surface area contributed by atoms with Crippen LogP contribution in [0.4, 0.5) is 4.39 Å². The average molecular weight is 408 g/mol. The molecule has 0 saturated carbocycles. The highest BCUT2D eigenvalue weighted by atomic mass is 19.1. The fourth-order valence-corrected chi connectivity index (χ4v) is 2.75. The minimum atomic E-state index is -0.457. The first-order valence-electron chi connectivity index (χ1n) is 9.39. The zero-order chi connectivity index (χ0) is 21.3. The van der Waals surface area contributed by atoms with Gasteiger partial charge in [-0.05, 0) is 54.4 Å². The first kappa shape index (κ1) is 21.0. The molecule has 0 aliphatic carbocycles. The van der Waals surface area contributed by atoms with Crippen LogP contribution in [0.5, 0.6) is 5.75 Å². The Hall–Kier alpha value is -3.74. The molecule has 154 valence electrons. The van der Waals surface area contributed by atoms with Gasteiger partial charge in [0.25, 0.3) is 0 Å². The molecule has 30 heavy (non-hydrogen) atoms. The first-order chi connectivity index (χ1) is 14.6. The van der Waals surface area contributed by atoms with Gasteiger partial charge >= 0.3 is 5.97 Å². The summed E-state index contributed by atoms with van der Waals surface area (Å²) in [5, 5.41) is 12.8. The van der Waals surface area contributed by atoms with Gasteiger partial charge in [0.2, 0.25) is 0 Å². The lowest BCUT2D eigenvalue weighted by Gasteiger charge is -2.09. The molecule has 0 unspecified atom stereocenters. The van der Waals surface area contributed by atoms with Crippen molar-refractivity contribution in [3.05, 3.63) is 95.1 Å². The van der Waals surface area contributed by atoms with Crippen LogP contribution >= 0.6 is 0 Å². The number of pyridine rings is 1. The highest BCUT2D eigenvalue weighted by molar-refractivity contribution is 6.01. The van der Waals surface area contributed by atoms with E-state index in [1.165, 1.54) is 24.4 Å². The van der Waals surface area contributed by atoms with E-state index in [0.717, 1.165) is 11.1 Å². The van der Waals surface area contributed by atoms with Crippen LogP contribution in [0, 0.1) is 5.82 Å². The van der Waals surface area contributed by atoms with E-state index >= 15 is 0 Å². The second-order valence-corrected chi connectivity index (χ2v) is 6.43. The van der Waals surface area contributed by atoms with Gasteiger partial charge in [0.1, 0.15) is 23.9 Å². The summed E-state index contributed by atoms with van der Waals surface area (Å²) in [4.78, 5) is 16.1. The zero-order valence-corrected chi connectivity index (χ0v) is 16.4. The van der Waals surface area contributed by atoms with Gasteiger partial charge < -0.3 is 14.7 Å². The number of hydrogen-bond acceptors (Lipinski definition) is 6. The predicted octanol–water partition coefficient (Wildman–Crippen LogP) is 4.40. The largest absolute Gasteiger partial charge is 0.489 e. The van der Waals surface area contributed by atoms with E-state index < -0.39 is 5.97 Å². The van der Waals surface area contributed by atoms with Crippen molar-refractivity contribution in [2.75, 3.05) is 6.61 Å². The Balaban J connectivity index is 1.64. The molecular formula is C23H21FN2O4. The van der Waals surface area contributed by atoms with Gasteiger partial charge in [-0.2, -0.15) is 0 Å². The van der Waals surface area contributed by atoms with E-state index in [0.29, 0.717) is 35.7 Å². The number of carbonyl (C=O) groups excluding carboxylic acids is 1. The smallest absolute Gasteiger partial charge is 0.338 e. The maximum absolute atomic E-state index is 13.0. The molecule has 1 heterocycles. The van der Waals surface area contributed by atoms with Crippen LogP contribution in [0.25, 0.3) is 0 Å². The predicted molar refractivity (Wildman–Crippen MR) is 109 cm³/mol. The molecule has 1 aromatic heterocycles. The lowest BCUT2D eigenvalue weighted by atomic mass is 10.0. The summed E-state index contributed by atoms with van der Waals surface area (Å²) in [6.07, 6.45) is 1.78. The van der Waals surface area contributed by atoms with Gasteiger partial charge in [-0.3, -0.25) is 4.98 Å². The lowest BCUT2D eigenvalue weighted by molar-refractivity contribution is 0.0526. The van der Waals surface area contributed by atoms with Gasteiger partial charge in [-0.15, -0.1) is 0 Å². The molecule has 7 heteroatoms. The number of aromatic nitrogens is 1. The number of hydrogen-bond donors (Lipinski definition) is 1. The maximum Gasteiger partial charge on any atom is 0.338 e. The normalized spacial score (nSPS) is 11.2. The van der Waals surface area contributed by atoms with Crippen molar-refractivity contribution in [3.63, 3.8) is 0 Å². The van der Waals surface area contributed by atoms with Gasteiger partial charge in [0.05, 0.1) is 17.9 Å². The van der Waals surface area contributed by atoms with E-state index in [-0.39, 0.29) is 12.4 Å². The van der Waals surface area contributed by atoms with Crippen LogP contribution in [0.2, 0.25) is 0 Å². The number of nitrogens with zero attached hydrogens (tertiary/aromatic N) is 2. The summed E-state index contributed by atoms with van der Waals surface area (Å²) in [5.74, 6) is -0.0826. The van der Waals surface area contributed by atoms with Crippen LogP contribution in [-0.2, 0) is 17.8 Å². The number of esters is 1. The molecule has 0 radical (unpaired) electrons. The third-order valence-corrected chi connectivity index (χ3v) is 4.30. The van der Waals surface area contributed by atoms with Crippen molar-refractivity contribution in [1.29, 1.82) is 0 Å². The molecule has 0 atom stereocenters. The number of halogens is 1. The van der Waals surface area contributed by atoms with Crippen molar-refractivity contribution in [2.45, 2.75) is 20.0 Å². The number of oxime groups is 1. The van der Waals surface area contributed by atoms with Crippen molar-refractivity contribution in [2.24, 2.45) is 5.16 Å². The summed E-state index contributed by atoms with van der Waals surface area (Å²) >= 11 is 0. The van der Waals surface area contributed by atoms with Gasteiger partial charge in [-0.1, -0.05) is 29.4 Å². The lowest BCUT2D eigenvalue weighted by Crippen LogP contribution is -2.11. The molecule has 2 aromatic carbocycles. The average Bonchev–Trinajstić information content (AvgIpc) is 2.78. The van der Waals surface area contributed by atoms with E-state index in [9.17, 15) is 14.4 Å². The molecule has 0 spiro atoms. The highest BCUT2D eigenvalue weighted by Crippen LogP contribution is 2.16. The Morgan fingerprint density at radius 3 is 2.43 bits per heavy atom. The molecule has 3 rings (SSSR count). The number of benzene rings is 2. The van der Waals surface area contributed by atoms with Crippen molar-refractivity contribution in [3.8, 4) is 5.75 Å². The molecule has 3 aromatic rings. The van der Waals surface area contributed by atoms with Crippen LogP contribution in [0.15, 0.2) is 72.0 Å². The molecule has 0 fully saturated rings. The minimum absolute atomic E-state index is 0.271. The third-order valence-electron chi connectivity index (χ3n) is 4.30. The maximum atomic E-state index is 13.0. The van der Waals surface area contributed by atoms with Crippen molar-refractivity contribution >= 4 is 11.7 Å². The van der Waals surface area contributed by atoms with E-state index in [1.807, 2.05) is 12.1 Å². The fourth-order valence-electron chi connectivity index (χ4n) is 2.75. The van der Waals surface area contributed by atoms with Crippen molar-refractivity contribution in [1.82, 2.24) is 4.98 Å². The summed E-state index contributed by atoms with van der Waals surface area (Å²) < 4.78 is 23.6. The second kappa shape index (κ2) is 10.2. The van der Waals surface area contributed by atoms with Gasteiger partial charge in [-0.25, -0.2) is 9.18 Å². The Morgan fingerprint density at radius 2 is 1.77 bits per heavy atom. The summed E-state index contributed by atoms with van der Waals surface area (Å²) in [6, 6.07) is 16.5. The molecule has 0 saturated heterocycles. The van der Waals surface area contributed by atoms with Crippen molar-refractivity contribution < 1.29 is 23.9 Å². The van der Waals surface area contributed by atoms with Crippen LogP contribution in [-0.4, -0.2) is 28.5 Å². The summed E-state index contributed by atoms with van der Waals surface area (Å²) in [6.45, 7) is 2.33. The van der Waals surface area contributed by atoms with E-state index in [2.05, 4.69) is 10.1 Å². The van der Waals surface area contributed by atoms with Gasteiger partial charge in [0.15, 0.2) is 0 Å². The topological polar surface area (TPSA) is 81.0 Å². The summed E-state index contributed by atoms with van der Waals surface area (Å²) in [7, 11) is 0. The molecule has 6 nitrogen and oxygen atoms in total. The molecule has 0 bridgehead atoms. The minimum Gasteiger partial charge on any atom is -0.489 e. The summed E-state index contributed by atoms with van der Waals surface area (Å²) in [5.41, 5.74) is 2.79. The number of carbonyl (C=O) groups is 1. The van der Waals surface area contributed by atoms with Crippen LogP contribution in [0.3, 0.4) is 0 Å². The highest BCUT2D eigenvalue weighted by Gasteiger charge is 2.13. The second-order valence-electron chi connectivity index (χ2n) is 6.43. The Bertz CT molecular complexity index is 1020. The van der Waals surface area contributed by atoms with Crippen LogP contribution < -0.4 is 4.74 Å². The Kier molecular flexibility index (Phi) is 7.10. The Labute approximate surface area is 173 Å². The molecule has 0 aliphatic rings. The number of rotatable bonds is 8. The molecular weight excluding hydrogens is 387 g/mol. The van der Waals surface area contributed by atoms with Crippen LogP contribution in [0.1, 0.15) is 34.1 Å². The first-order valence-corrected chi connectivity index (χ1v) is 9.39. The molecule has 1 N–H and O–H groups in total. The fraction of sp³-hybridized carbons (Fsp3) is 0.174. The SMILES string of the molecule is CCOC(=O)c1ccnc(/C(Cc2ccc(OCc3ccc(F)cc3)cc2)=N/O)c1. The molecule has 0 amide bonds. The molecule has 0 aliphatic heterocycles. The Morgan fingerprint density at radius 1 is 1.07 bits per heavy atom. The number of ether oxygens (including phenoxy) is 2. The standard InChI is InChI=1S/C23H21FN2O4/c1-2-29-23(27)18-11-12-25-21(14-18)22(26-28)13-16-5-9-20(10-6-16)30-15-17-3-7-19(24)8-4-17/h3-12,14,28H,2,13,15H2,1H3/b26-22+. The van der Waals surface area contributed by atoms with E-state index in [4.69, 9.17) is 9.47 Å². The third kappa shape index (κ3) is 5.64. The van der Waals surface area contributed by atoms with E-state index in [1.54, 1.807) is 37.3 Å². The quantitative estimate of drug-likeness (QED) is 0.259. The zero-order valence-electron chi connectivity index (χ0n) is 16.4. The monoisotopic (exact) mass is 408 g/mol. The van der Waals surface area contributed by atoms with Gasteiger partial charge in [0, 0.05) is 12.6 Å².